The Kier molecular flexibility index (Phi) is 6.01. The topological polar surface area (TPSA) is 59.4 Å². The molecule has 1 N–H and O–H groups in total. The number of hydrogen-bond donors (Lipinski definition) is 1. The van der Waals surface area contributed by atoms with Crippen molar-refractivity contribution in [1.29, 1.82) is 5.26 Å². The van der Waals surface area contributed by atoms with E-state index in [-0.39, 0.29) is 11.4 Å². The van der Waals surface area contributed by atoms with Crippen molar-refractivity contribution in [2.45, 2.75) is 32.7 Å². The maximum absolute atomic E-state index is 12.4. The summed E-state index contributed by atoms with van der Waals surface area (Å²) in [6.07, 6.45) is 0. The lowest BCUT2D eigenvalue weighted by Gasteiger charge is -2.34. The van der Waals surface area contributed by atoms with Crippen LogP contribution in [0.4, 0.5) is 10.5 Å². The highest BCUT2D eigenvalue weighted by atomic mass is 16.2. The van der Waals surface area contributed by atoms with Crippen LogP contribution >= 0.6 is 0 Å². The Hall–Kier alpha value is -2.84. The summed E-state index contributed by atoms with van der Waals surface area (Å²) in [5, 5.41) is 11.8. The fraction of sp³-hybridized carbons (Fsp3) is 0.391. The lowest BCUT2D eigenvalue weighted by Crippen LogP contribution is -2.49. The molecule has 1 aliphatic heterocycles. The first-order chi connectivity index (χ1) is 13.3. The van der Waals surface area contributed by atoms with Crippen molar-refractivity contribution in [2.75, 3.05) is 31.5 Å². The van der Waals surface area contributed by atoms with Gasteiger partial charge in [0, 0.05) is 38.4 Å². The molecule has 2 aromatic rings. The van der Waals surface area contributed by atoms with E-state index >= 15 is 0 Å². The number of nitriles is 1. The van der Waals surface area contributed by atoms with Gasteiger partial charge >= 0.3 is 6.03 Å². The number of amides is 2. The number of rotatable bonds is 3. The monoisotopic (exact) mass is 376 g/mol. The quantitative estimate of drug-likeness (QED) is 0.873. The molecular formula is C23H28N4O. The molecule has 1 aliphatic rings. The summed E-state index contributed by atoms with van der Waals surface area (Å²) in [7, 11) is 0. The number of anilines is 1. The molecule has 0 aliphatic carbocycles. The van der Waals surface area contributed by atoms with E-state index in [4.69, 9.17) is 5.26 Å². The van der Waals surface area contributed by atoms with E-state index in [1.807, 2.05) is 4.90 Å². The SMILES string of the molecule is CC(C)(C)c1ccc(CN2CCN(C(=O)Nc3ccc(C#N)cc3)CC2)cc1. The summed E-state index contributed by atoms with van der Waals surface area (Å²) in [6, 6.07) is 17.8. The van der Waals surface area contributed by atoms with Gasteiger partial charge in [0.2, 0.25) is 0 Å². The number of piperazine rings is 1. The molecule has 0 atom stereocenters. The molecule has 0 spiro atoms. The summed E-state index contributed by atoms with van der Waals surface area (Å²) in [6.45, 7) is 10.7. The van der Waals surface area contributed by atoms with Crippen molar-refractivity contribution in [3.8, 4) is 6.07 Å². The van der Waals surface area contributed by atoms with Gasteiger partial charge in [0.1, 0.15) is 0 Å². The second-order valence-electron chi connectivity index (χ2n) is 8.33. The normalized spacial score (nSPS) is 15.1. The van der Waals surface area contributed by atoms with Crippen molar-refractivity contribution in [3.63, 3.8) is 0 Å². The zero-order valence-electron chi connectivity index (χ0n) is 16.9. The molecule has 2 aromatic carbocycles. The lowest BCUT2D eigenvalue weighted by molar-refractivity contribution is 0.143. The summed E-state index contributed by atoms with van der Waals surface area (Å²) in [5.41, 5.74) is 4.13. The van der Waals surface area contributed by atoms with E-state index in [2.05, 4.69) is 61.3 Å². The summed E-state index contributed by atoms with van der Waals surface area (Å²) in [4.78, 5) is 16.7. The average Bonchev–Trinajstić information content (AvgIpc) is 2.69. The maximum Gasteiger partial charge on any atom is 0.321 e. The van der Waals surface area contributed by atoms with E-state index in [0.717, 1.165) is 19.6 Å². The molecular weight excluding hydrogens is 348 g/mol. The Morgan fingerprint density at radius 3 is 2.14 bits per heavy atom. The smallest absolute Gasteiger partial charge is 0.321 e. The largest absolute Gasteiger partial charge is 0.322 e. The van der Waals surface area contributed by atoms with Gasteiger partial charge in [-0.25, -0.2) is 4.79 Å². The van der Waals surface area contributed by atoms with E-state index in [0.29, 0.717) is 24.3 Å². The molecule has 3 rings (SSSR count). The first-order valence-corrected chi connectivity index (χ1v) is 9.73. The minimum atomic E-state index is -0.0844. The Bertz CT molecular complexity index is 836. The number of hydrogen-bond acceptors (Lipinski definition) is 3. The Labute approximate surface area is 167 Å². The van der Waals surface area contributed by atoms with Crippen LogP contribution in [0, 0.1) is 11.3 Å². The van der Waals surface area contributed by atoms with Crippen LogP contribution in [0.3, 0.4) is 0 Å². The molecule has 28 heavy (non-hydrogen) atoms. The molecule has 0 aromatic heterocycles. The van der Waals surface area contributed by atoms with Crippen LogP contribution in [-0.4, -0.2) is 42.0 Å². The van der Waals surface area contributed by atoms with Crippen LogP contribution in [0.2, 0.25) is 0 Å². The van der Waals surface area contributed by atoms with E-state index < -0.39 is 0 Å². The lowest BCUT2D eigenvalue weighted by atomic mass is 9.87. The third kappa shape index (κ3) is 5.11. The summed E-state index contributed by atoms with van der Waals surface area (Å²) < 4.78 is 0. The van der Waals surface area contributed by atoms with Crippen LogP contribution in [-0.2, 0) is 12.0 Å². The first kappa shape index (κ1) is 19.9. The van der Waals surface area contributed by atoms with Gasteiger partial charge in [0.05, 0.1) is 11.6 Å². The minimum absolute atomic E-state index is 0.0844. The van der Waals surface area contributed by atoms with E-state index in [9.17, 15) is 4.79 Å². The van der Waals surface area contributed by atoms with Gasteiger partial charge in [-0.2, -0.15) is 5.26 Å². The van der Waals surface area contributed by atoms with Gasteiger partial charge in [0.15, 0.2) is 0 Å². The molecule has 0 bridgehead atoms. The number of carbonyl (C=O) groups is 1. The zero-order valence-corrected chi connectivity index (χ0v) is 16.9. The van der Waals surface area contributed by atoms with Gasteiger partial charge in [0.25, 0.3) is 0 Å². The first-order valence-electron chi connectivity index (χ1n) is 9.73. The second kappa shape index (κ2) is 8.45. The molecule has 1 saturated heterocycles. The van der Waals surface area contributed by atoms with E-state index in [1.165, 1.54) is 11.1 Å². The fourth-order valence-electron chi connectivity index (χ4n) is 3.31. The standard InChI is InChI=1S/C23H28N4O/c1-23(2,3)20-8-4-19(5-9-20)17-26-12-14-27(15-13-26)22(28)25-21-10-6-18(16-24)7-11-21/h4-11H,12-15,17H2,1-3H3,(H,25,28). The number of nitrogens with zero attached hydrogens (tertiary/aromatic N) is 3. The molecule has 0 radical (unpaired) electrons. The van der Waals surface area contributed by atoms with Crippen LogP contribution in [0.5, 0.6) is 0 Å². The summed E-state index contributed by atoms with van der Waals surface area (Å²) in [5.74, 6) is 0. The van der Waals surface area contributed by atoms with Gasteiger partial charge in [-0.15, -0.1) is 0 Å². The van der Waals surface area contributed by atoms with Crippen molar-refractivity contribution in [1.82, 2.24) is 9.80 Å². The number of urea groups is 1. The molecule has 0 unspecified atom stereocenters. The van der Waals surface area contributed by atoms with Crippen molar-refractivity contribution in [2.24, 2.45) is 0 Å². The highest BCUT2D eigenvalue weighted by molar-refractivity contribution is 5.89. The highest BCUT2D eigenvalue weighted by Crippen LogP contribution is 2.22. The molecule has 146 valence electrons. The van der Waals surface area contributed by atoms with Crippen molar-refractivity contribution in [3.05, 3.63) is 65.2 Å². The predicted molar refractivity (Wildman–Crippen MR) is 112 cm³/mol. The highest BCUT2D eigenvalue weighted by Gasteiger charge is 2.21. The molecule has 1 heterocycles. The van der Waals surface area contributed by atoms with Crippen LogP contribution < -0.4 is 5.32 Å². The molecule has 5 heteroatoms. The number of benzene rings is 2. The van der Waals surface area contributed by atoms with Crippen LogP contribution in [0.15, 0.2) is 48.5 Å². The average molecular weight is 377 g/mol. The Morgan fingerprint density at radius 1 is 1.00 bits per heavy atom. The third-order valence-electron chi connectivity index (χ3n) is 5.15. The number of nitrogens with one attached hydrogen (secondary N) is 1. The van der Waals surface area contributed by atoms with Crippen LogP contribution in [0.1, 0.15) is 37.5 Å². The fourth-order valence-corrected chi connectivity index (χ4v) is 3.31. The predicted octanol–water partition coefficient (Wildman–Crippen LogP) is 4.21. The van der Waals surface area contributed by atoms with Crippen LogP contribution in [0.25, 0.3) is 0 Å². The van der Waals surface area contributed by atoms with Gasteiger partial charge in [-0.05, 0) is 40.8 Å². The van der Waals surface area contributed by atoms with Gasteiger partial charge in [-0.3, -0.25) is 4.90 Å². The number of carbonyl (C=O) groups excluding carboxylic acids is 1. The van der Waals surface area contributed by atoms with Crippen molar-refractivity contribution >= 4 is 11.7 Å². The third-order valence-corrected chi connectivity index (χ3v) is 5.15. The summed E-state index contributed by atoms with van der Waals surface area (Å²) >= 11 is 0. The maximum atomic E-state index is 12.4. The minimum Gasteiger partial charge on any atom is -0.322 e. The van der Waals surface area contributed by atoms with Gasteiger partial charge in [-0.1, -0.05) is 45.0 Å². The Morgan fingerprint density at radius 2 is 1.61 bits per heavy atom. The molecule has 1 fully saturated rings. The van der Waals surface area contributed by atoms with Crippen molar-refractivity contribution < 1.29 is 4.79 Å². The second-order valence-corrected chi connectivity index (χ2v) is 8.33. The van der Waals surface area contributed by atoms with E-state index in [1.54, 1.807) is 24.3 Å². The molecule has 0 saturated carbocycles. The zero-order chi connectivity index (χ0) is 20.1. The Balaban J connectivity index is 1.48. The molecule has 2 amide bonds. The van der Waals surface area contributed by atoms with Gasteiger partial charge < -0.3 is 10.2 Å². The molecule has 5 nitrogen and oxygen atoms in total.